The van der Waals surface area contributed by atoms with Gasteiger partial charge in [-0.25, -0.2) is 14.8 Å². The van der Waals surface area contributed by atoms with Gasteiger partial charge in [0.2, 0.25) is 5.91 Å². The summed E-state index contributed by atoms with van der Waals surface area (Å²) in [6, 6.07) is 0. The van der Waals surface area contributed by atoms with Gasteiger partial charge in [-0.2, -0.15) is 0 Å². The summed E-state index contributed by atoms with van der Waals surface area (Å²) in [5.74, 6) is -0.724. The summed E-state index contributed by atoms with van der Waals surface area (Å²) in [6.07, 6.45) is 4.66. The normalized spacial score (nSPS) is 11.2. The van der Waals surface area contributed by atoms with Gasteiger partial charge in [0.1, 0.15) is 6.61 Å². The van der Waals surface area contributed by atoms with Crippen LogP contribution in [0.3, 0.4) is 0 Å². The second-order valence-corrected chi connectivity index (χ2v) is 6.70. The van der Waals surface area contributed by atoms with Crippen molar-refractivity contribution in [3.63, 3.8) is 0 Å². The average molecular weight is 383 g/mol. The number of thiazole rings is 2. The summed E-state index contributed by atoms with van der Waals surface area (Å²) in [7, 11) is 0. The van der Waals surface area contributed by atoms with Gasteiger partial charge < -0.3 is 10.1 Å². The number of imidazole rings is 1. The maximum atomic E-state index is 11.8. The Balaban J connectivity index is 1.59. The van der Waals surface area contributed by atoms with Crippen LogP contribution in [-0.4, -0.2) is 26.2 Å². The molecule has 0 aromatic carbocycles. The molecule has 0 bridgehead atoms. The van der Waals surface area contributed by atoms with Gasteiger partial charge in [0.15, 0.2) is 15.2 Å². The lowest BCUT2D eigenvalue weighted by molar-refractivity contribution is -0.139. The van der Waals surface area contributed by atoms with Crippen molar-refractivity contribution in [2.45, 2.75) is 13.5 Å². The molecule has 24 heavy (non-hydrogen) atoms. The fourth-order valence-corrected chi connectivity index (χ4v) is 3.59. The Labute approximate surface area is 149 Å². The number of nitrogens with zero attached hydrogens (tertiary/aromatic N) is 3. The molecule has 0 aliphatic heterocycles. The summed E-state index contributed by atoms with van der Waals surface area (Å²) in [4.78, 5) is 31.8. The number of hydrogen-bond acceptors (Lipinski definition) is 7. The fourth-order valence-electron chi connectivity index (χ4n) is 1.85. The number of carbonyl (C=O) groups excluding carboxylic acids is 2. The van der Waals surface area contributed by atoms with E-state index in [9.17, 15) is 9.59 Å². The monoisotopic (exact) mass is 382 g/mol. The summed E-state index contributed by atoms with van der Waals surface area (Å²) in [6.45, 7) is 1.42. The molecule has 0 unspecified atom stereocenters. The Morgan fingerprint density at radius 3 is 3.04 bits per heavy atom. The highest BCUT2D eigenvalue weighted by Gasteiger charge is 2.09. The Hall–Kier alpha value is -2.23. The quantitative estimate of drug-likeness (QED) is 0.541. The van der Waals surface area contributed by atoms with Gasteiger partial charge in [0, 0.05) is 30.0 Å². The van der Waals surface area contributed by atoms with Crippen LogP contribution in [0.15, 0.2) is 23.0 Å². The molecule has 3 rings (SSSR count). The van der Waals surface area contributed by atoms with E-state index in [4.69, 9.17) is 16.3 Å². The minimum Gasteiger partial charge on any atom is -0.456 e. The molecule has 0 saturated heterocycles. The third-order valence-corrected chi connectivity index (χ3v) is 4.67. The lowest BCUT2D eigenvalue weighted by atomic mass is 10.4. The van der Waals surface area contributed by atoms with E-state index in [2.05, 4.69) is 15.3 Å². The Morgan fingerprint density at radius 1 is 1.42 bits per heavy atom. The molecule has 3 heterocycles. The first-order chi connectivity index (χ1) is 11.5. The lowest BCUT2D eigenvalue weighted by Crippen LogP contribution is -2.06. The van der Waals surface area contributed by atoms with E-state index in [1.165, 1.54) is 35.7 Å². The molecule has 0 fully saturated rings. The molecule has 0 atom stereocenters. The zero-order valence-electron chi connectivity index (χ0n) is 12.4. The third-order valence-electron chi connectivity index (χ3n) is 2.83. The minimum atomic E-state index is -0.523. The number of rotatable bonds is 5. The third kappa shape index (κ3) is 3.81. The number of halogens is 1. The first kappa shape index (κ1) is 16.6. The van der Waals surface area contributed by atoms with Crippen LogP contribution >= 0.6 is 34.3 Å². The molecular formula is C14H11ClN4O3S2. The number of hydrogen-bond donors (Lipinski definition) is 1. The van der Waals surface area contributed by atoms with Gasteiger partial charge in [0.25, 0.3) is 0 Å². The second-order valence-electron chi connectivity index (χ2n) is 4.61. The van der Waals surface area contributed by atoms with Crippen molar-refractivity contribution < 1.29 is 14.3 Å². The summed E-state index contributed by atoms with van der Waals surface area (Å²) in [5.41, 5.74) is 1.18. The first-order valence-corrected chi connectivity index (χ1v) is 8.84. The van der Waals surface area contributed by atoms with Crippen LogP contribution < -0.4 is 5.32 Å². The molecule has 0 radical (unpaired) electrons. The minimum absolute atomic E-state index is 0.0211. The molecule has 124 valence electrons. The molecule has 1 amide bonds. The van der Waals surface area contributed by atoms with E-state index < -0.39 is 5.97 Å². The number of nitrogens with one attached hydrogen (secondary N) is 1. The number of carbonyl (C=O) groups is 2. The first-order valence-electron chi connectivity index (χ1n) is 6.71. The van der Waals surface area contributed by atoms with E-state index in [0.29, 0.717) is 21.7 Å². The van der Waals surface area contributed by atoms with E-state index in [0.717, 1.165) is 4.96 Å². The van der Waals surface area contributed by atoms with Crippen molar-refractivity contribution >= 4 is 62.3 Å². The lowest BCUT2D eigenvalue weighted by Gasteiger charge is -1.98. The highest BCUT2D eigenvalue weighted by atomic mass is 35.5. The van der Waals surface area contributed by atoms with Crippen LogP contribution in [0.5, 0.6) is 0 Å². The van der Waals surface area contributed by atoms with Crippen LogP contribution in [0.2, 0.25) is 5.15 Å². The molecule has 0 spiro atoms. The summed E-state index contributed by atoms with van der Waals surface area (Å²) >= 11 is 8.75. The summed E-state index contributed by atoms with van der Waals surface area (Å²) < 4.78 is 6.90. The molecule has 1 N–H and O–H groups in total. The predicted octanol–water partition coefficient (Wildman–Crippen LogP) is 3.22. The van der Waals surface area contributed by atoms with Crippen LogP contribution in [0, 0.1) is 0 Å². The number of ether oxygens (including phenoxy) is 1. The number of aromatic nitrogens is 3. The van der Waals surface area contributed by atoms with Crippen LogP contribution in [0.1, 0.15) is 18.3 Å². The number of esters is 1. The Morgan fingerprint density at radius 2 is 2.25 bits per heavy atom. The second kappa shape index (κ2) is 7.12. The fraction of sp³-hybridized carbons (Fsp3) is 0.143. The van der Waals surface area contributed by atoms with Crippen molar-refractivity contribution in [2.75, 3.05) is 5.32 Å². The number of fused-ring (bicyclic) bond motifs is 1. The van der Waals surface area contributed by atoms with Gasteiger partial charge >= 0.3 is 5.97 Å². The smallest absolute Gasteiger partial charge is 0.331 e. The number of amides is 1. The van der Waals surface area contributed by atoms with Crippen molar-refractivity contribution in [1.82, 2.24) is 14.4 Å². The van der Waals surface area contributed by atoms with Gasteiger partial charge in [-0.3, -0.25) is 9.20 Å². The topological polar surface area (TPSA) is 85.6 Å². The van der Waals surface area contributed by atoms with Crippen LogP contribution in [-0.2, 0) is 20.9 Å². The van der Waals surface area contributed by atoms with Gasteiger partial charge in [-0.15, -0.1) is 22.7 Å². The van der Waals surface area contributed by atoms with E-state index >= 15 is 0 Å². The predicted molar refractivity (Wildman–Crippen MR) is 93.3 cm³/mol. The zero-order valence-corrected chi connectivity index (χ0v) is 14.7. The van der Waals surface area contributed by atoms with Gasteiger partial charge in [-0.05, 0) is 6.08 Å². The van der Waals surface area contributed by atoms with Crippen molar-refractivity contribution in [1.29, 1.82) is 0 Å². The molecule has 0 aliphatic rings. The van der Waals surface area contributed by atoms with Gasteiger partial charge in [-0.1, -0.05) is 11.6 Å². The standard InChI is InChI=1S/C14H11ClN4O3S2/c1-8(20)16-13-17-9(7-24-13)6-22-11(21)3-2-10-12(15)18-14-19(10)4-5-23-14/h2-5,7H,6H2,1H3,(H,16,17,20)/b3-2-. The molecule has 0 aliphatic carbocycles. The number of anilines is 1. The zero-order chi connectivity index (χ0) is 17.1. The van der Waals surface area contributed by atoms with E-state index in [-0.39, 0.29) is 12.5 Å². The van der Waals surface area contributed by atoms with Crippen molar-refractivity contribution in [2.24, 2.45) is 0 Å². The maximum absolute atomic E-state index is 11.8. The molecule has 7 nitrogen and oxygen atoms in total. The largest absolute Gasteiger partial charge is 0.456 e. The Kier molecular flexibility index (Phi) is 4.93. The maximum Gasteiger partial charge on any atom is 0.331 e. The highest BCUT2D eigenvalue weighted by molar-refractivity contribution is 7.15. The molecular weight excluding hydrogens is 372 g/mol. The average Bonchev–Trinajstić information content (AvgIpc) is 3.20. The van der Waals surface area contributed by atoms with E-state index in [1.54, 1.807) is 15.9 Å². The van der Waals surface area contributed by atoms with E-state index in [1.807, 2.05) is 11.6 Å². The molecule has 0 saturated carbocycles. The molecule has 3 aromatic rings. The highest BCUT2D eigenvalue weighted by Crippen LogP contribution is 2.22. The summed E-state index contributed by atoms with van der Waals surface area (Å²) in [5, 5.41) is 6.95. The van der Waals surface area contributed by atoms with Crippen LogP contribution in [0.25, 0.3) is 11.0 Å². The van der Waals surface area contributed by atoms with Crippen molar-refractivity contribution in [3.05, 3.63) is 39.6 Å². The van der Waals surface area contributed by atoms with Gasteiger partial charge in [0.05, 0.1) is 11.4 Å². The Bertz CT molecular complexity index is 928. The molecule has 10 heteroatoms. The van der Waals surface area contributed by atoms with Crippen LogP contribution in [0.4, 0.5) is 5.13 Å². The SMILES string of the molecule is CC(=O)Nc1nc(COC(=O)/C=C\c2c(Cl)nc3sccn23)cs1. The molecule has 3 aromatic heterocycles. The van der Waals surface area contributed by atoms with Crippen molar-refractivity contribution in [3.8, 4) is 0 Å².